The van der Waals surface area contributed by atoms with Crippen LogP contribution < -0.4 is 10.6 Å². The van der Waals surface area contributed by atoms with Crippen LogP contribution in [0.1, 0.15) is 59.8 Å². The van der Waals surface area contributed by atoms with Gasteiger partial charge in [0, 0.05) is 6.04 Å². The normalized spacial score (nSPS) is 12.8. The Labute approximate surface area is 100 Å². The minimum absolute atomic E-state index is 0.0754. The molecular formula is C13H28N2O. The lowest BCUT2D eigenvalue weighted by Gasteiger charge is -2.15. The molecule has 0 aromatic carbocycles. The second-order valence-corrected chi connectivity index (χ2v) is 4.75. The van der Waals surface area contributed by atoms with Gasteiger partial charge in [0.05, 0.1) is 6.04 Å². The van der Waals surface area contributed by atoms with Gasteiger partial charge in [-0.25, -0.2) is 0 Å². The Morgan fingerprint density at radius 1 is 1.06 bits per heavy atom. The highest BCUT2D eigenvalue weighted by molar-refractivity contribution is 5.81. The van der Waals surface area contributed by atoms with E-state index in [4.69, 9.17) is 0 Å². The molecule has 1 unspecified atom stereocenters. The van der Waals surface area contributed by atoms with Crippen molar-refractivity contribution in [2.75, 3.05) is 6.54 Å². The molecule has 2 N–H and O–H groups in total. The molecule has 0 spiro atoms. The number of rotatable bonds is 9. The highest BCUT2D eigenvalue weighted by Gasteiger charge is 2.11. The number of hydrogen-bond acceptors (Lipinski definition) is 2. The molecule has 0 aliphatic heterocycles. The molecule has 1 atom stereocenters. The Kier molecular flexibility index (Phi) is 9.30. The molecule has 0 saturated heterocycles. The van der Waals surface area contributed by atoms with E-state index in [1.54, 1.807) is 0 Å². The number of amides is 1. The molecule has 0 aromatic heterocycles. The van der Waals surface area contributed by atoms with Gasteiger partial charge in [-0.2, -0.15) is 0 Å². The Balaban J connectivity index is 3.42. The summed E-state index contributed by atoms with van der Waals surface area (Å²) in [7, 11) is 0. The molecule has 0 fully saturated rings. The second-order valence-electron chi connectivity index (χ2n) is 4.75. The van der Waals surface area contributed by atoms with Crippen LogP contribution in [0, 0.1) is 0 Å². The van der Waals surface area contributed by atoms with Crippen molar-refractivity contribution in [3.8, 4) is 0 Å². The van der Waals surface area contributed by atoms with Crippen molar-refractivity contribution in [3.63, 3.8) is 0 Å². The van der Waals surface area contributed by atoms with Gasteiger partial charge in [-0.15, -0.1) is 0 Å². The highest BCUT2D eigenvalue weighted by Crippen LogP contribution is 2.01. The van der Waals surface area contributed by atoms with E-state index >= 15 is 0 Å². The fourth-order valence-electron chi connectivity index (χ4n) is 1.55. The first-order valence-corrected chi connectivity index (χ1v) is 6.61. The van der Waals surface area contributed by atoms with E-state index < -0.39 is 0 Å². The summed E-state index contributed by atoms with van der Waals surface area (Å²) in [6.07, 6.45) is 6.34. The molecule has 3 nitrogen and oxygen atoms in total. The standard InChI is InChI=1S/C13H28N2O/c1-5-6-7-8-9-10-14-12(4)13(16)15-11(2)3/h11-12,14H,5-10H2,1-4H3,(H,15,16). The lowest BCUT2D eigenvalue weighted by molar-refractivity contribution is -0.123. The molecule has 16 heavy (non-hydrogen) atoms. The van der Waals surface area contributed by atoms with E-state index in [-0.39, 0.29) is 18.0 Å². The largest absolute Gasteiger partial charge is 0.353 e. The van der Waals surface area contributed by atoms with E-state index in [2.05, 4.69) is 17.6 Å². The number of hydrogen-bond donors (Lipinski definition) is 2. The minimum Gasteiger partial charge on any atom is -0.353 e. The van der Waals surface area contributed by atoms with Crippen LogP contribution in [0.5, 0.6) is 0 Å². The summed E-state index contributed by atoms with van der Waals surface area (Å²) in [5, 5.41) is 6.15. The van der Waals surface area contributed by atoms with E-state index in [1.165, 1.54) is 32.1 Å². The summed E-state index contributed by atoms with van der Waals surface area (Å²) >= 11 is 0. The van der Waals surface area contributed by atoms with Crippen LogP contribution >= 0.6 is 0 Å². The summed E-state index contributed by atoms with van der Waals surface area (Å²) in [5.41, 5.74) is 0. The lowest BCUT2D eigenvalue weighted by Crippen LogP contribution is -2.44. The summed E-state index contributed by atoms with van der Waals surface area (Å²) in [6.45, 7) is 9.04. The van der Waals surface area contributed by atoms with Gasteiger partial charge >= 0.3 is 0 Å². The van der Waals surface area contributed by atoms with Crippen molar-refractivity contribution in [2.45, 2.75) is 71.9 Å². The van der Waals surface area contributed by atoms with Crippen LogP contribution in [0.4, 0.5) is 0 Å². The zero-order valence-electron chi connectivity index (χ0n) is 11.3. The third-order valence-corrected chi connectivity index (χ3v) is 2.56. The maximum absolute atomic E-state index is 11.5. The predicted molar refractivity (Wildman–Crippen MR) is 69.5 cm³/mol. The third kappa shape index (κ3) is 8.72. The summed E-state index contributed by atoms with van der Waals surface area (Å²) < 4.78 is 0. The molecule has 0 heterocycles. The van der Waals surface area contributed by atoms with Gasteiger partial charge in [-0.05, 0) is 33.7 Å². The summed E-state index contributed by atoms with van der Waals surface area (Å²) in [4.78, 5) is 11.5. The van der Waals surface area contributed by atoms with E-state index in [0.29, 0.717) is 0 Å². The first-order chi connectivity index (χ1) is 7.57. The first kappa shape index (κ1) is 15.4. The average Bonchev–Trinajstić information content (AvgIpc) is 2.21. The van der Waals surface area contributed by atoms with Gasteiger partial charge < -0.3 is 10.6 Å². The monoisotopic (exact) mass is 228 g/mol. The number of carbonyl (C=O) groups is 1. The molecule has 3 heteroatoms. The van der Waals surface area contributed by atoms with E-state index in [1.807, 2.05) is 20.8 Å². The molecule has 0 rings (SSSR count). The fourth-order valence-corrected chi connectivity index (χ4v) is 1.55. The van der Waals surface area contributed by atoms with Crippen molar-refractivity contribution in [1.29, 1.82) is 0 Å². The van der Waals surface area contributed by atoms with Crippen molar-refractivity contribution < 1.29 is 4.79 Å². The van der Waals surface area contributed by atoms with Crippen LogP contribution in [0.2, 0.25) is 0 Å². The second kappa shape index (κ2) is 9.64. The molecule has 0 radical (unpaired) electrons. The van der Waals surface area contributed by atoms with Crippen LogP contribution in [0.3, 0.4) is 0 Å². The van der Waals surface area contributed by atoms with Gasteiger partial charge in [-0.1, -0.05) is 32.6 Å². The number of carbonyl (C=O) groups excluding carboxylic acids is 1. The molecule has 96 valence electrons. The van der Waals surface area contributed by atoms with Crippen LogP contribution in [-0.2, 0) is 4.79 Å². The van der Waals surface area contributed by atoms with Crippen LogP contribution in [0.25, 0.3) is 0 Å². The van der Waals surface area contributed by atoms with Gasteiger partial charge in [0.15, 0.2) is 0 Å². The lowest BCUT2D eigenvalue weighted by atomic mass is 10.1. The maximum Gasteiger partial charge on any atom is 0.237 e. The average molecular weight is 228 g/mol. The maximum atomic E-state index is 11.5. The SMILES string of the molecule is CCCCCCCNC(C)C(=O)NC(C)C. The van der Waals surface area contributed by atoms with Crippen molar-refractivity contribution >= 4 is 5.91 Å². The number of nitrogens with one attached hydrogen (secondary N) is 2. The van der Waals surface area contributed by atoms with Crippen LogP contribution in [-0.4, -0.2) is 24.5 Å². The molecular weight excluding hydrogens is 200 g/mol. The molecule has 0 aliphatic rings. The molecule has 0 saturated carbocycles. The van der Waals surface area contributed by atoms with Crippen molar-refractivity contribution in [3.05, 3.63) is 0 Å². The molecule has 0 aromatic rings. The van der Waals surface area contributed by atoms with Gasteiger partial charge in [0.1, 0.15) is 0 Å². The van der Waals surface area contributed by atoms with Gasteiger partial charge in [0.25, 0.3) is 0 Å². The topological polar surface area (TPSA) is 41.1 Å². The van der Waals surface area contributed by atoms with Gasteiger partial charge in [0.2, 0.25) is 5.91 Å². The third-order valence-electron chi connectivity index (χ3n) is 2.56. The van der Waals surface area contributed by atoms with Crippen molar-refractivity contribution in [2.24, 2.45) is 0 Å². The minimum atomic E-state index is -0.0754. The summed E-state index contributed by atoms with van der Waals surface area (Å²) in [6, 6.07) is 0.148. The zero-order chi connectivity index (χ0) is 12.4. The molecule has 0 bridgehead atoms. The predicted octanol–water partition coefficient (Wildman–Crippen LogP) is 2.46. The number of unbranched alkanes of at least 4 members (excludes halogenated alkanes) is 4. The van der Waals surface area contributed by atoms with Crippen molar-refractivity contribution in [1.82, 2.24) is 10.6 Å². The Hall–Kier alpha value is -0.570. The van der Waals surface area contributed by atoms with E-state index in [9.17, 15) is 4.79 Å². The quantitative estimate of drug-likeness (QED) is 0.595. The smallest absolute Gasteiger partial charge is 0.237 e. The Morgan fingerprint density at radius 2 is 1.69 bits per heavy atom. The molecule has 1 amide bonds. The van der Waals surface area contributed by atoms with Gasteiger partial charge in [-0.3, -0.25) is 4.79 Å². The summed E-state index contributed by atoms with van der Waals surface area (Å²) in [5.74, 6) is 0.101. The fraction of sp³-hybridized carbons (Fsp3) is 0.923. The Morgan fingerprint density at radius 3 is 2.25 bits per heavy atom. The molecule has 0 aliphatic carbocycles. The Bertz CT molecular complexity index is 181. The highest BCUT2D eigenvalue weighted by atomic mass is 16.2. The first-order valence-electron chi connectivity index (χ1n) is 6.61. The zero-order valence-corrected chi connectivity index (χ0v) is 11.3. The van der Waals surface area contributed by atoms with E-state index in [0.717, 1.165) is 6.54 Å². The van der Waals surface area contributed by atoms with Crippen LogP contribution in [0.15, 0.2) is 0 Å².